The van der Waals surface area contributed by atoms with Crippen molar-refractivity contribution in [3.8, 4) is 0 Å². The molecule has 1 rings (SSSR count). The molecule has 1 N–H and O–H groups in total. The highest BCUT2D eigenvalue weighted by Crippen LogP contribution is 2.18. The summed E-state index contributed by atoms with van der Waals surface area (Å²) < 4.78 is 0. The molecule has 1 fully saturated rings. The van der Waals surface area contributed by atoms with Crippen LogP contribution in [0.5, 0.6) is 0 Å². The van der Waals surface area contributed by atoms with Crippen LogP contribution in [0.1, 0.15) is 13.3 Å². The zero-order chi connectivity index (χ0) is 6.85. The van der Waals surface area contributed by atoms with E-state index in [1.165, 1.54) is 4.90 Å². The monoisotopic (exact) mass is 129 g/mol. The second-order valence-electron chi connectivity index (χ2n) is 2.31. The van der Waals surface area contributed by atoms with Gasteiger partial charge in [-0.1, -0.05) is 6.92 Å². The Labute approximate surface area is 54.3 Å². The minimum absolute atomic E-state index is 0.0972. The molecular formula is C6H11NO2. The Morgan fingerprint density at radius 2 is 2.56 bits per heavy atom. The number of aliphatic hydroxyl groups excluding tert-OH is 1. The summed E-state index contributed by atoms with van der Waals surface area (Å²) in [4.78, 5) is 12.2. The third-order valence-corrected chi connectivity index (χ3v) is 1.77. The van der Waals surface area contributed by atoms with Gasteiger partial charge >= 0.3 is 0 Å². The van der Waals surface area contributed by atoms with Gasteiger partial charge in [0, 0.05) is 6.54 Å². The molecular weight excluding hydrogens is 118 g/mol. The molecule has 1 aliphatic heterocycles. The number of β-lactam (4-membered cyclic amide) rings is 1. The van der Waals surface area contributed by atoms with E-state index in [9.17, 15) is 4.79 Å². The number of likely N-dealkylation sites (tertiary alicyclic amines) is 1. The van der Waals surface area contributed by atoms with E-state index >= 15 is 0 Å². The molecule has 1 saturated heterocycles. The van der Waals surface area contributed by atoms with Crippen LogP contribution < -0.4 is 0 Å². The summed E-state index contributed by atoms with van der Waals surface area (Å²) in [6, 6.07) is 0. The molecule has 0 spiro atoms. The van der Waals surface area contributed by atoms with Gasteiger partial charge in [0.25, 0.3) is 0 Å². The summed E-state index contributed by atoms with van der Waals surface area (Å²) in [6.07, 6.45) is 0.898. The molecule has 0 aliphatic carbocycles. The van der Waals surface area contributed by atoms with Crippen LogP contribution in [0.2, 0.25) is 0 Å². The van der Waals surface area contributed by atoms with Crippen molar-refractivity contribution in [1.29, 1.82) is 0 Å². The second kappa shape index (κ2) is 2.35. The highest BCUT2D eigenvalue weighted by molar-refractivity contribution is 5.84. The smallest absolute Gasteiger partial charge is 0.229 e. The van der Waals surface area contributed by atoms with Crippen LogP contribution in [0, 0.1) is 5.92 Å². The molecule has 1 unspecified atom stereocenters. The van der Waals surface area contributed by atoms with Crippen molar-refractivity contribution in [2.75, 3.05) is 13.3 Å². The van der Waals surface area contributed by atoms with Gasteiger partial charge in [0.1, 0.15) is 6.73 Å². The molecule has 1 aliphatic rings. The average molecular weight is 129 g/mol. The van der Waals surface area contributed by atoms with Crippen molar-refractivity contribution in [2.45, 2.75) is 13.3 Å². The van der Waals surface area contributed by atoms with E-state index in [0.29, 0.717) is 0 Å². The molecule has 3 nitrogen and oxygen atoms in total. The number of amides is 1. The first-order valence-electron chi connectivity index (χ1n) is 3.19. The molecule has 3 heteroatoms. The van der Waals surface area contributed by atoms with Crippen molar-refractivity contribution in [3.05, 3.63) is 0 Å². The fraction of sp³-hybridized carbons (Fsp3) is 0.833. The Kier molecular flexibility index (Phi) is 1.71. The molecule has 0 radical (unpaired) electrons. The SMILES string of the molecule is CCC1CN(CO)C1=O. The van der Waals surface area contributed by atoms with Crippen LogP contribution in [0.4, 0.5) is 0 Å². The van der Waals surface area contributed by atoms with Gasteiger partial charge in [0.2, 0.25) is 5.91 Å². The van der Waals surface area contributed by atoms with Gasteiger partial charge in [-0.25, -0.2) is 0 Å². The number of carbonyl (C=O) groups excluding carboxylic acids is 1. The number of aliphatic hydroxyl groups is 1. The van der Waals surface area contributed by atoms with Gasteiger partial charge in [-0.05, 0) is 6.42 Å². The molecule has 0 aromatic rings. The third-order valence-electron chi connectivity index (χ3n) is 1.77. The van der Waals surface area contributed by atoms with Crippen LogP contribution in [0.25, 0.3) is 0 Å². The molecule has 9 heavy (non-hydrogen) atoms. The van der Waals surface area contributed by atoms with Crippen molar-refractivity contribution in [2.24, 2.45) is 5.92 Å². The normalized spacial score (nSPS) is 26.2. The Morgan fingerprint density at radius 1 is 1.89 bits per heavy atom. The van der Waals surface area contributed by atoms with E-state index in [-0.39, 0.29) is 18.6 Å². The summed E-state index contributed by atoms with van der Waals surface area (Å²) in [5, 5.41) is 8.47. The Hall–Kier alpha value is -0.570. The molecule has 0 saturated carbocycles. The third kappa shape index (κ3) is 0.920. The summed E-state index contributed by atoms with van der Waals surface area (Å²) in [5.74, 6) is 0.289. The zero-order valence-corrected chi connectivity index (χ0v) is 5.50. The standard InChI is InChI=1S/C6H11NO2/c1-2-5-3-7(4-8)6(5)9/h5,8H,2-4H2,1H3. The lowest BCUT2D eigenvalue weighted by atomic mass is 9.97. The molecule has 52 valence electrons. The van der Waals surface area contributed by atoms with E-state index < -0.39 is 0 Å². The van der Waals surface area contributed by atoms with Crippen molar-refractivity contribution >= 4 is 5.91 Å². The van der Waals surface area contributed by atoms with Crippen molar-refractivity contribution in [1.82, 2.24) is 4.90 Å². The zero-order valence-electron chi connectivity index (χ0n) is 5.50. The maximum absolute atomic E-state index is 10.8. The molecule has 0 bridgehead atoms. The number of hydrogen-bond acceptors (Lipinski definition) is 2. The molecule has 0 aromatic carbocycles. The van der Waals surface area contributed by atoms with Gasteiger partial charge < -0.3 is 10.0 Å². The number of nitrogens with zero attached hydrogens (tertiary/aromatic N) is 1. The van der Waals surface area contributed by atoms with E-state index in [0.717, 1.165) is 13.0 Å². The summed E-state index contributed by atoms with van der Waals surface area (Å²) in [6.45, 7) is 2.61. The minimum atomic E-state index is -0.116. The van der Waals surface area contributed by atoms with Crippen LogP contribution in [-0.2, 0) is 4.79 Å². The first-order valence-corrected chi connectivity index (χ1v) is 3.19. The Balaban J connectivity index is 2.33. The highest BCUT2D eigenvalue weighted by atomic mass is 16.3. The second-order valence-corrected chi connectivity index (χ2v) is 2.31. The number of rotatable bonds is 2. The summed E-state index contributed by atoms with van der Waals surface area (Å²) in [5.41, 5.74) is 0. The largest absolute Gasteiger partial charge is 0.376 e. The van der Waals surface area contributed by atoms with E-state index in [1.807, 2.05) is 6.92 Å². The van der Waals surface area contributed by atoms with Crippen LogP contribution in [0.3, 0.4) is 0 Å². The number of hydrogen-bond donors (Lipinski definition) is 1. The van der Waals surface area contributed by atoms with Gasteiger partial charge in [-0.15, -0.1) is 0 Å². The number of carbonyl (C=O) groups is 1. The maximum Gasteiger partial charge on any atom is 0.229 e. The van der Waals surface area contributed by atoms with Crippen LogP contribution >= 0.6 is 0 Å². The lowest BCUT2D eigenvalue weighted by Gasteiger charge is -2.36. The maximum atomic E-state index is 10.8. The quantitative estimate of drug-likeness (QED) is 0.525. The first-order chi connectivity index (χ1) is 4.29. The van der Waals surface area contributed by atoms with Gasteiger partial charge in [0.05, 0.1) is 5.92 Å². The van der Waals surface area contributed by atoms with E-state index in [4.69, 9.17) is 5.11 Å². The minimum Gasteiger partial charge on any atom is -0.376 e. The van der Waals surface area contributed by atoms with E-state index in [2.05, 4.69) is 0 Å². The van der Waals surface area contributed by atoms with Crippen molar-refractivity contribution in [3.63, 3.8) is 0 Å². The Bertz CT molecular complexity index is 112. The molecule has 1 amide bonds. The topological polar surface area (TPSA) is 40.5 Å². The fourth-order valence-electron chi connectivity index (χ4n) is 1.01. The van der Waals surface area contributed by atoms with Crippen LogP contribution in [-0.4, -0.2) is 29.2 Å². The molecule has 0 aromatic heterocycles. The average Bonchev–Trinajstić information content (AvgIpc) is 1.87. The lowest BCUT2D eigenvalue weighted by molar-refractivity contribution is -0.153. The van der Waals surface area contributed by atoms with Gasteiger partial charge in [0.15, 0.2) is 0 Å². The predicted octanol–water partition coefficient (Wildman–Crippen LogP) is -0.195. The fourth-order valence-corrected chi connectivity index (χ4v) is 1.01. The first kappa shape index (κ1) is 6.55. The Morgan fingerprint density at radius 3 is 2.89 bits per heavy atom. The molecule has 1 heterocycles. The predicted molar refractivity (Wildman–Crippen MR) is 32.6 cm³/mol. The highest BCUT2D eigenvalue weighted by Gasteiger charge is 2.33. The molecule has 1 atom stereocenters. The summed E-state index contributed by atoms with van der Waals surface area (Å²) in [7, 11) is 0. The van der Waals surface area contributed by atoms with Crippen molar-refractivity contribution < 1.29 is 9.90 Å². The van der Waals surface area contributed by atoms with Gasteiger partial charge in [-0.2, -0.15) is 0 Å². The lowest BCUT2D eigenvalue weighted by Crippen LogP contribution is -2.52. The van der Waals surface area contributed by atoms with Crippen LogP contribution in [0.15, 0.2) is 0 Å². The summed E-state index contributed by atoms with van der Waals surface area (Å²) >= 11 is 0. The van der Waals surface area contributed by atoms with Gasteiger partial charge in [-0.3, -0.25) is 4.79 Å². The van der Waals surface area contributed by atoms with E-state index in [1.54, 1.807) is 0 Å².